The van der Waals surface area contributed by atoms with Gasteiger partial charge in [-0.15, -0.1) is 11.3 Å². The summed E-state index contributed by atoms with van der Waals surface area (Å²) in [6, 6.07) is 11.4. The summed E-state index contributed by atoms with van der Waals surface area (Å²) >= 11 is 1.61. The monoisotopic (exact) mass is 299 g/mol. The van der Waals surface area contributed by atoms with Gasteiger partial charge in [-0.05, 0) is 37.3 Å². The smallest absolute Gasteiger partial charge is 0.308 e. The molecule has 21 heavy (non-hydrogen) atoms. The predicted octanol–water partition coefficient (Wildman–Crippen LogP) is 4.21. The van der Waals surface area contributed by atoms with Gasteiger partial charge in [0.15, 0.2) is 5.58 Å². The van der Waals surface area contributed by atoms with Crippen LogP contribution < -0.4 is 0 Å². The van der Waals surface area contributed by atoms with E-state index in [1.165, 1.54) is 4.88 Å². The lowest BCUT2D eigenvalue weighted by Crippen LogP contribution is -1.97. The van der Waals surface area contributed by atoms with Crippen molar-refractivity contribution in [1.82, 2.24) is 4.98 Å². The molecule has 0 spiro atoms. The molecule has 0 amide bonds. The van der Waals surface area contributed by atoms with Crippen LogP contribution in [0.5, 0.6) is 0 Å². The summed E-state index contributed by atoms with van der Waals surface area (Å²) in [7, 11) is 0. The summed E-state index contributed by atoms with van der Waals surface area (Å²) in [5, 5.41) is 9.10. The molecule has 1 aromatic carbocycles. The normalized spacial score (nSPS) is 12.0. The molecule has 2 heterocycles. The second-order valence-electron chi connectivity index (χ2n) is 4.68. The molecule has 106 valence electrons. The van der Waals surface area contributed by atoms with E-state index >= 15 is 0 Å². The zero-order valence-electron chi connectivity index (χ0n) is 11.4. The molecule has 0 aliphatic heterocycles. The maximum Gasteiger partial charge on any atom is 0.308 e. The molecule has 0 fully saturated rings. The highest BCUT2D eigenvalue weighted by atomic mass is 32.1. The van der Waals surface area contributed by atoms with Crippen LogP contribution in [0.3, 0.4) is 0 Å². The van der Waals surface area contributed by atoms with E-state index in [0.29, 0.717) is 17.0 Å². The Balaban J connectivity index is 2.06. The Morgan fingerprint density at radius 1 is 1.33 bits per heavy atom. The van der Waals surface area contributed by atoms with Crippen LogP contribution in [-0.2, 0) is 4.79 Å². The quantitative estimate of drug-likeness (QED) is 0.783. The van der Waals surface area contributed by atoms with Crippen molar-refractivity contribution in [2.24, 2.45) is 0 Å². The largest absolute Gasteiger partial charge is 0.481 e. The zero-order chi connectivity index (χ0) is 14.8. The lowest BCUT2D eigenvalue weighted by molar-refractivity contribution is -0.135. The number of benzene rings is 1. The third-order valence-corrected chi connectivity index (χ3v) is 3.94. The fraction of sp³-hybridized carbons (Fsp3) is 0.125. The van der Waals surface area contributed by atoms with E-state index < -0.39 is 5.97 Å². The number of carboxylic acid groups (broad SMARTS) is 1. The molecular formula is C16H13NO3S. The number of aliphatic carboxylic acids is 1. The number of para-hydroxylation sites is 2. The van der Waals surface area contributed by atoms with Crippen LogP contribution in [0.25, 0.3) is 22.7 Å². The maximum atomic E-state index is 11.1. The molecular weight excluding hydrogens is 286 g/mol. The summed E-state index contributed by atoms with van der Waals surface area (Å²) in [6.07, 6.45) is 1.71. The van der Waals surface area contributed by atoms with Crippen molar-refractivity contribution in [3.05, 3.63) is 52.0 Å². The van der Waals surface area contributed by atoms with Crippen molar-refractivity contribution in [2.45, 2.75) is 13.3 Å². The van der Waals surface area contributed by atoms with Crippen molar-refractivity contribution in [2.75, 3.05) is 0 Å². The molecule has 0 saturated heterocycles. The Morgan fingerprint density at radius 2 is 2.14 bits per heavy atom. The van der Waals surface area contributed by atoms with E-state index in [0.717, 1.165) is 10.4 Å². The lowest BCUT2D eigenvalue weighted by atomic mass is 10.1. The van der Waals surface area contributed by atoms with Crippen molar-refractivity contribution >= 4 is 40.1 Å². The second-order valence-corrected chi connectivity index (χ2v) is 5.99. The van der Waals surface area contributed by atoms with Gasteiger partial charge >= 0.3 is 5.97 Å². The van der Waals surface area contributed by atoms with Crippen molar-refractivity contribution in [3.8, 4) is 0 Å². The number of carboxylic acids is 1. The first-order valence-corrected chi connectivity index (χ1v) is 7.28. The highest BCUT2D eigenvalue weighted by Crippen LogP contribution is 2.27. The number of nitrogens with zero attached hydrogens (tertiary/aromatic N) is 1. The van der Waals surface area contributed by atoms with E-state index in [1.807, 2.05) is 49.4 Å². The van der Waals surface area contributed by atoms with Crippen molar-refractivity contribution in [3.63, 3.8) is 0 Å². The minimum atomic E-state index is -0.906. The van der Waals surface area contributed by atoms with Gasteiger partial charge in [-0.3, -0.25) is 4.79 Å². The molecule has 0 aliphatic rings. The standard InChI is InChI=1S/C16H13NO3S/c1-10-6-7-12(21-10)8-11(9-15(18)19)16-17-13-4-2-3-5-14(13)20-16/h2-8H,9H2,1H3,(H,18,19)/b11-8+. The SMILES string of the molecule is Cc1ccc(/C=C(\CC(=O)O)c2nc3ccccc3o2)s1. The molecule has 0 radical (unpaired) electrons. The third-order valence-electron chi connectivity index (χ3n) is 2.99. The molecule has 2 aromatic heterocycles. The number of carbonyl (C=O) groups is 1. The summed E-state index contributed by atoms with van der Waals surface area (Å²) in [6.45, 7) is 2.01. The highest BCUT2D eigenvalue weighted by molar-refractivity contribution is 7.12. The van der Waals surface area contributed by atoms with Gasteiger partial charge in [0.25, 0.3) is 0 Å². The molecule has 0 aliphatic carbocycles. The fourth-order valence-corrected chi connectivity index (χ4v) is 2.91. The average molecular weight is 299 g/mol. The van der Waals surface area contributed by atoms with Crippen molar-refractivity contribution < 1.29 is 14.3 Å². The molecule has 0 saturated carbocycles. The van der Waals surface area contributed by atoms with Gasteiger partial charge in [-0.25, -0.2) is 4.98 Å². The van der Waals surface area contributed by atoms with E-state index in [9.17, 15) is 4.79 Å². The number of hydrogen-bond acceptors (Lipinski definition) is 4. The number of hydrogen-bond donors (Lipinski definition) is 1. The van der Waals surface area contributed by atoms with Gasteiger partial charge < -0.3 is 9.52 Å². The summed E-state index contributed by atoms with van der Waals surface area (Å²) in [5.74, 6) is -0.540. The van der Waals surface area contributed by atoms with Crippen LogP contribution in [0.4, 0.5) is 0 Å². The second kappa shape index (κ2) is 5.54. The van der Waals surface area contributed by atoms with Crippen LogP contribution in [-0.4, -0.2) is 16.1 Å². The number of fused-ring (bicyclic) bond motifs is 1. The van der Waals surface area contributed by atoms with Crippen LogP contribution in [0.2, 0.25) is 0 Å². The molecule has 5 heteroatoms. The Morgan fingerprint density at radius 3 is 2.81 bits per heavy atom. The Hall–Kier alpha value is -2.40. The predicted molar refractivity (Wildman–Crippen MR) is 83.2 cm³/mol. The van der Waals surface area contributed by atoms with E-state index in [1.54, 1.807) is 11.3 Å². The molecule has 3 rings (SSSR count). The Kier molecular flexibility index (Phi) is 3.58. The number of aromatic nitrogens is 1. The third kappa shape index (κ3) is 3.03. The number of thiophene rings is 1. The highest BCUT2D eigenvalue weighted by Gasteiger charge is 2.14. The minimum Gasteiger partial charge on any atom is -0.481 e. The number of rotatable bonds is 4. The first-order valence-electron chi connectivity index (χ1n) is 6.46. The molecule has 4 nitrogen and oxygen atoms in total. The molecule has 0 atom stereocenters. The van der Waals surface area contributed by atoms with Crippen molar-refractivity contribution in [1.29, 1.82) is 0 Å². The Bertz CT molecular complexity index is 796. The van der Waals surface area contributed by atoms with Gasteiger partial charge in [0.1, 0.15) is 5.52 Å². The summed E-state index contributed by atoms with van der Waals surface area (Å²) in [4.78, 5) is 17.6. The topological polar surface area (TPSA) is 63.3 Å². The zero-order valence-corrected chi connectivity index (χ0v) is 12.2. The van der Waals surface area contributed by atoms with Gasteiger partial charge in [-0.1, -0.05) is 12.1 Å². The number of oxazole rings is 1. The molecule has 0 bridgehead atoms. The van der Waals surface area contributed by atoms with Crippen LogP contribution in [0.15, 0.2) is 40.8 Å². The lowest BCUT2D eigenvalue weighted by Gasteiger charge is -1.98. The first-order chi connectivity index (χ1) is 10.1. The molecule has 3 aromatic rings. The van der Waals surface area contributed by atoms with Gasteiger partial charge in [0.2, 0.25) is 5.89 Å². The molecule has 1 N–H and O–H groups in total. The Labute approximate surface area is 125 Å². The summed E-state index contributed by atoms with van der Waals surface area (Å²) < 4.78 is 5.67. The van der Waals surface area contributed by atoms with Crippen LogP contribution in [0.1, 0.15) is 22.1 Å². The van der Waals surface area contributed by atoms with Gasteiger partial charge in [0, 0.05) is 15.3 Å². The van der Waals surface area contributed by atoms with E-state index in [4.69, 9.17) is 9.52 Å². The average Bonchev–Trinajstić information content (AvgIpc) is 3.03. The number of aryl methyl sites for hydroxylation is 1. The first kappa shape index (κ1) is 13.6. The van der Waals surface area contributed by atoms with Crippen LogP contribution in [0, 0.1) is 6.92 Å². The summed E-state index contributed by atoms with van der Waals surface area (Å²) in [5.41, 5.74) is 1.96. The van der Waals surface area contributed by atoms with Crippen LogP contribution >= 0.6 is 11.3 Å². The van der Waals surface area contributed by atoms with E-state index in [-0.39, 0.29) is 6.42 Å². The van der Waals surface area contributed by atoms with E-state index in [2.05, 4.69) is 4.98 Å². The fourth-order valence-electron chi connectivity index (χ4n) is 2.06. The molecule has 0 unspecified atom stereocenters. The van der Waals surface area contributed by atoms with Gasteiger partial charge in [-0.2, -0.15) is 0 Å². The van der Waals surface area contributed by atoms with Gasteiger partial charge in [0.05, 0.1) is 6.42 Å². The maximum absolute atomic E-state index is 11.1. The minimum absolute atomic E-state index is 0.121.